The van der Waals surface area contributed by atoms with Gasteiger partial charge in [0.2, 0.25) is 5.95 Å². The molecule has 2 aromatic rings. The lowest BCUT2D eigenvalue weighted by atomic mass is 10.2. The zero-order chi connectivity index (χ0) is 16.2. The number of nitrogens with one attached hydrogen (secondary N) is 1. The van der Waals surface area contributed by atoms with Gasteiger partial charge in [-0.15, -0.1) is 0 Å². The molecule has 0 aliphatic carbocycles. The number of carbonyl (C=O) groups excluding carboxylic acids is 1. The van der Waals surface area contributed by atoms with E-state index >= 15 is 0 Å². The van der Waals surface area contributed by atoms with Crippen molar-refractivity contribution in [3.05, 3.63) is 47.2 Å². The smallest absolute Gasteiger partial charge is 0.321 e. The maximum atomic E-state index is 12.4. The van der Waals surface area contributed by atoms with Crippen LogP contribution in [0.4, 0.5) is 16.4 Å². The van der Waals surface area contributed by atoms with Gasteiger partial charge in [0, 0.05) is 49.3 Å². The van der Waals surface area contributed by atoms with Crippen LogP contribution in [0.3, 0.4) is 0 Å². The highest BCUT2D eigenvalue weighted by atomic mass is 35.5. The molecule has 3 rings (SSSR count). The van der Waals surface area contributed by atoms with Gasteiger partial charge in [0.1, 0.15) is 0 Å². The Bertz CT molecular complexity index is 686. The van der Waals surface area contributed by atoms with Crippen LogP contribution in [-0.4, -0.2) is 47.1 Å². The Balaban J connectivity index is 1.58. The van der Waals surface area contributed by atoms with Crippen molar-refractivity contribution < 1.29 is 4.79 Å². The summed E-state index contributed by atoms with van der Waals surface area (Å²) in [7, 11) is 0. The molecule has 7 heteroatoms. The number of nitrogens with zero attached hydrogens (tertiary/aromatic N) is 4. The molecular formula is C16H18ClN5O. The molecule has 120 valence electrons. The van der Waals surface area contributed by atoms with Crippen molar-refractivity contribution in [2.24, 2.45) is 0 Å². The zero-order valence-electron chi connectivity index (χ0n) is 12.9. The fourth-order valence-corrected chi connectivity index (χ4v) is 2.75. The number of hydrogen-bond donors (Lipinski definition) is 1. The number of urea groups is 1. The lowest BCUT2D eigenvalue weighted by molar-refractivity contribution is 0.208. The van der Waals surface area contributed by atoms with Gasteiger partial charge in [-0.2, -0.15) is 0 Å². The molecule has 1 aromatic carbocycles. The molecule has 0 atom stereocenters. The third-order valence-corrected chi connectivity index (χ3v) is 4.07. The lowest BCUT2D eigenvalue weighted by Gasteiger charge is -2.34. The number of benzene rings is 1. The Morgan fingerprint density at radius 3 is 2.52 bits per heavy atom. The van der Waals surface area contributed by atoms with Gasteiger partial charge < -0.3 is 15.1 Å². The number of halogens is 1. The quantitative estimate of drug-likeness (QED) is 0.919. The van der Waals surface area contributed by atoms with Crippen LogP contribution in [0.1, 0.15) is 5.56 Å². The Kier molecular flexibility index (Phi) is 4.62. The summed E-state index contributed by atoms with van der Waals surface area (Å²) in [4.78, 5) is 24.7. The average molecular weight is 332 g/mol. The van der Waals surface area contributed by atoms with E-state index in [-0.39, 0.29) is 6.03 Å². The molecule has 1 N–H and O–H groups in total. The van der Waals surface area contributed by atoms with Gasteiger partial charge in [0.15, 0.2) is 0 Å². The van der Waals surface area contributed by atoms with Crippen LogP contribution in [0.15, 0.2) is 36.7 Å². The van der Waals surface area contributed by atoms with E-state index in [1.807, 2.05) is 19.1 Å². The molecule has 0 bridgehead atoms. The van der Waals surface area contributed by atoms with Gasteiger partial charge >= 0.3 is 6.03 Å². The summed E-state index contributed by atoms with van der Waals surface area (Å²) in [6.07, 6.45) is 3.45. The summed E-state index contributed by atoms with van der Waals surface area (Å²) in [5, 5.41) is 3.60. The summed E-state index contributed by atoms with van der Waals surface area (Å²) in [6.45, 7) is 4.63. The fraction of sp³-hybridized carbons (Fsp3) is 0.312. The molecule has 1 fully saturated rings. The van der Waals surface area contributed by atoms with E-state index < -0.39 is 0 Å². The van der Waals surface area contributed by atoms with Gasteiger partial charge in [-0.1, -0.05) is 11.6 Å². The summed E-state index contributed by atoms with van der Waals surface area (Å²) in [5.74, 6) is 0.709. The Hall–Kier alpha value is -2.34. The van der Waals surface area contributed by atoms with Crippen molar-refractivity contribution in [2.45, 2.75) is 6.92 Å². The first-order valence-corrected chi connectivity index (χ1v) is 7.85. The number of aryl methyl sites for hydroxylation is 1. The van der Waals surface area contributed by atoms with Crippen LogP contribution >= 0.6 is 11.6 Å². The molecule has 1 aliphatic heterocycles. The second-order valence-electron chi connectivity index (χ2n) is 5.41. The van der Waals surface area contributed by atoms with Crippen LogP contribution < -0.4 is 10.2 Å². The van der Waals surface area contributed by atoms with Gasteiger partial charge in [0.25, 0.3) is 0 Å². The standard InChI is InChI=1S/C16H18ClN5O/c1-12-11-13(17)3-4-14(12)20-16(23)22-9-7-21(8-10-22)15-18-5-2-6-19-15/h2-6,11H,7-10H2,1H3,(H,20,23). The molecule has 2 amide bonds. The lowest BCUT2D eigenvalue weighted by Crippen LogP contribution is -2.50. The second kappa shape index (κ2) is 6.83. The summed E-state index contributed by atoms with van der Waals surface area (Å²) in [6, 6.07) is 7.13. The van der Waals surface area contributed by atoms with Crippen LogP contribution in [0.5, 0.6) is 0 Å². The predicted octanol–water partition coefficient (Wildman–Crippen LogP) is 2.79. The summed E-state index contributed by atoms with van der Waals surface area (Å²) < 4.78 is 0. The predicted molar refractivity (Wildman–Crippen MR) is 91.0 cm³/mol. The molecule has 0 unspecified atom stereocenters. The van der Waals surface area contributed by atoms with Gasteiger partial charge in [-0.25, -0.2) is 14.8 Å². The van der Waals surface area contributed by atoms with Crippen molar-refractivity contribution >= 4 is 29.3 Å². The molecule has 1 aromatic heterocycles. The molecule has 2 heterocycles. The maximum absolute atomic E-state index is 12.4. The van der Waals surface area contributed by atoms with E-state index in [2.05, 4.69) is 20.2 Å². The summed E-state index contributed by atoms with van der Waals surface area (Å²) >= 11 is 5.94. The molecule has 6 nitrogen and oxygen atoms in total. The Morgan fingerprint density at radius 2 is 1.87 bits per heavy atom. The van der Waals surface area contributed by atoms with Crippen LogP contribution in [-0.2, 0) is 0 Å². The number of rotatable bonds is 2. The zero-order valence-corrected chi connectivity index (χ0v) is 13.6. The molecule has 1 aliphatic rings. The van der Waals surface area contributed by atoms with E-state index in [4.69, 9.17) is 11.6 Å². The summed E-state index contributed by atoms with van der Waals surface area (Å²) in [5.41, 5.74) is 1.73. The first-order valence-electron chi connectivity index (χ1n) is 7.47. The van der Waals surface area contributed by atoms with Crippen LogP contribution in [0.2, 0.25) is 5.02 Å². The topological polar surface area (TPSA) is 61.4 Å². The fourth-order valence-electron chi connectivity index (χ4n) is 2.53. The Labute approximate surface area is 140 Å². The SMILES string of the molecule is Cc1cc(Cl)ccc1NC(=O)N1CCN(c2ncccn2)CC1. The van der Waals surface area contributed by atoms with E-state index in [9.17, 15) is 4.79 Å². The highest BCUT2D eigenvalue weighted by Gasteiger charge is 2.22. The first kappa shape index (κ1) is 15.6. The highest BCUT2D eigenvalue weighted by molar-refractivity contribution is 6.30. The van der Waals surface area contributed by atoms with Crippen molar-refractivity contribution in [2.75, 3.05) is 36.4 Å². The number of anilines is 2. The minimum atomic E-state index is -0.0935. The normalized spacial score (nSPS) is 14.7. The maximum Gasteiger partial charge on any atom is 0.321 e. The monoisotopic (exact) mass is 331 g/mol. The van der Waals surface area contributed by atoms with Gasteiger partial charge in [-0.3, -0.25) is 0 Å². The van der Waals surface area contributed by atoms with Crippen molar-refractivity contribution in [1.29, 1.82) is 0 Å². The van der Waals surface area contributed by atoms with E-state index in [1.165, 1.54) is 0 Å². The highest BCUT2D eigenvalue weighted by Crippen LogP contribution is 2.20. The van der Waals surface area contributed by atoms with E-state index in [0.29, 0.717) is 24.1 Å². The number of piperazine rings is 1. The molecule has 1 saturated heterocycles. The number of aromatic nitrogens is 2. The first-order chi connectivity index (χ1) is 11.1. The molecule has 23 heavy (non-hydrogen) atoms. The van der Waals surface area contributed by atoms with Crippen LogP contribution in [0, 0.1) is 6.92 Å². The van der Waals surface area contributed by atoms with Crippen LogP contribution in [0.25, 0.3) is 0 Å². The average Bonchev–Trinajstić information content (AvgIpc) is 2.58. The molecule has 0 saturated carbocycles. The molecule has 0 spiro atoms. The van der Waals surface area contributed by atoms with Crippen molar-refractivity contribution in [3.63, 3.8) is 0 Å². The number of hydrogen-bond acceptors (Lipinski definition) is 4. The third-order valence-electron chi connectivity index (χ3n) is 3.83. The minimum absolute atomic E-state index is 0.0935. The van der Waals surface area contributed by atoms with Gasteiger partial charge in [0.05, 0.1) is 0 Å². The Morgan fingerprint density at radius 1 is 1.17 bits per heavy atom. The van der Waals surface area contributed by atoms with Gasteiger partial charge in [-0.05, 0) is 36.8 Å². The van der Waals surface area contributed by atoms with E-state index in [1.54, 1.807) is 29.4 Å². The van der Waals surface area contributed by atoms with Crippen molar-refractivity contribution in [3.8, 4) is 0 Å². The largest absolute Gasteiger partial charge is 0.337 e. The third kappa shape index (κ3) is 3.71. The molecular weight excluding hydrogens is 314 g/mol. The minimum Gasteiger partial charge on any atom is -0.337 e. The number of carbonyl (C=O) groups is 1. The van der Waals surface area contributed by atoms with Crippen molar-refractivity contribution in [1.82, 2.24) is 14.9 Å². The van der Waals surface area contributed by atoms with E-state index in [0.717, 1.165) is 24.3 Å². The number of amides is 2. The second-order valence-corrected chi connectivity index (χ2v) is 5.85. The molecule has 0 radical (unpaired) electrons.